The van der Waals surface area contributed by atoms with E-state index in [1.54, 1.807) is 16.4 Å². The van der Waals surface area contributed by atoms with Gasteiger partial charge < -0.3 is 4.74 Å². The molecule has 2 rings (SSSR count). The highest BCUT2D eigenvalue weighted by Crippen LogP contribution is 2.21. The average molecular weight is 375 g/mol. The molecular formula is C20H25NO4S. The third kappa shape index (κ3) is 5.68. The van der Waals surface area contributed by atoms with E-state index in [-0.39, 0.29) is 0 Å². The molecular weight excluding hydrogens is 350 g/mol. The van der Waals surface area contributed by atoms with Crippen molar-refractivity contribution in [2.75, 3.05) is 19.7 Å². The average Bonchev–Trinajstić information content (AvgIpc) is 2.88. The van der Waals surface area contributed by atoms with Gasteiger partial charge in [-0.1, -0.05) is 48.1 Å². The van der Waals surface area contributed by atoms with Crippen molar-refractivity contribution in [3.05, 3.63) is 66.3 Å². The zero-order chi connectivity index (χ0) is 19.0. The molecule has 0 fully saturated rings. The lowest BCUT2D eigenvalue weighted by molar-refractivity contribution is -0.137. The Hall–Kier alpha value is -2.18. The number of carbonyl (C=O) groups excluding carboxylic acids is 1. The number of allylic oxidation sites excluding steroid dienone is 1. The number of hydrogen-bond donors (Lipinski definition) is 0. The summed E-state index contributed by atoms with van der Waals surface area (Å²) in [5.41, 5.74) is 2.13. The number of hydrogen-bond acceptors (Lipinski definition) is 4. The Morgan fingerprint density at radius 3 is 2.69 bits per heavy atom. The van der Waals surface area contributed by atoms with Crippen LogP contribution < -0.4 is 0 Å². The fourth-order valence-corrected chi connectivity index (χ4v) is 4.09. The molecule has 0 aromatic heterocycles. The Bertz CT molecular complexity index is 792. The molecule has 5 nitrogen and oxygen atoms in total. The second-order valence-corrected chi connectivity index (χ2v) is 8.04. The second kappa shape index (κ2) is 9.50. The summed E-state index contributed by atoms with van der Waals surface area (Å²) in [6.07, 6.45) is 9.07. The van der Waals surface area contributed by atoms with E-state index in [1.807, 2.05) is 31.2 Å². The van der Waals surface area contributed by atoms with Crippen LogP contribution in [0.15, 0.2) is 65.6 Å². The van der Waals surface area contributed by atoms with Gasteiger partial charge in [0.25, 0.3) is 0 Å². The molecule has 0 N–H and O–H groups in total. The Labute approximate surface area is 155 Å². The van der Waals surface area contributed by atoms with Crippen molar-refractivity contribution >= 4 is 16.0 Å². The molecule has 1 aromatic rings. The van der Waals surface area contributed by atoms with Gasteiger partial charge in [-0.3, -0.25) is 0 Å². The van der Waals surface area contributed by atoms with Crippen molar-refractivity contribution in [3.63, 3.8) is 0 Å². The van der Waals surface area contributed by atoms with Gasteiger partial charge in [-0.2, -0.15) is 4.31 Å². The van der Waals surface area contributed by atoms with Crippen LogP contribution in [0, 0.1) is 6.92 Å². The fraction of sp³-hybridized carbons (Fsp3) is 0.350. The highest BCUT2D eigenvalue weighted by atomic mass is 32.2. The van der Waals surface area contributed by atoms with Gasteiger partial charge in [0.15, 0.2) is 0 Å². The number of benzene rings is 1. The van der Waals surface area contributed by atoms with Gasteiger partial charge >= 0.3 is 5.97 Å². The van der Waals surface area contributed by atoms with Crippen LogP contribution in [0.3, 0.4) is 0 Å². The van der Waals surface area contributed by atoms with E-state index in [0.717, 1.165) is 17.2 Å². The van der Waals surface area contributed by atoms with Crippen molar-refractivity contribution in [2.45, 2.75) is 31.1 Å². The van der Waals surface area contributed by atoms with Crippen molar-refractivity contribution < 1.29 is 17.9 Å². The molecule has 0 bridgehead atoms. The van der Waals surface area contributed by atoms with Crippen LogP contribution in [-0.2, 0) is 19.6 Å². The fourth-order valence-electron chi connectivity index (χ4n) is 2.63. The zero-order valence-corrected chi connectivity index (χ0v) is 15.9. The van der Waals surface area contributed by atoms with E-state index >= 15 is 0 Å². The molecule has 0 amide bonds. The molecule has 1 heterocycles. The van der Waals surface area contributed by atoms with Gasteiger partial charge in [0.05, 0.1) is 11.5 Å². The molecule has 0 unspecified atom stereocenters. The van der Waals surface area contributed by atoms with E-state index in [4.69, 9.17) is 4.74 Å². The van der Waals surface area contributed by atoms with Crippen LogP contribution in [0.2, 0.25) is 0 Å². The lowest BCUT2D eigenvalue weighted by Crippen LogP contribution is -2.32. The van der Waals surface area contributed by atoms with Gasteiger partial charge in [-0.05, 0) is 38.3 Å². The first-order valence-corrected chi connectivity index (χ1v) is 10.1. The topological polar surface area (TPSA) is 63.7 Å². The maximum Gasteiger partial charge on any atom is 0.330 e. The molecule has 0 atom stereocenters. The standard InChI is InChI=1S/C20H25NO4S/c1-3-20(22)25-16-5-4-7-18-8-6-14-21(15-13-18)26(23,24)19-11-9-17(2)10-12-19/h3-4,7-12H,1,5-6,13-16H2,2H3/b7-4+. The minimum Gasteiger partial charge on any atom is -0.462 e. The Morgan fingerprint density at radius 2 is 2.00 bits per heavy atom. The first-order chi connectivity index (χ1) is 12.4. The summed E-state index contributed by atoms with van der Waals surface area (Å²) in [4.78, 5) is 11.3. The summed E-state index contributed by atoms with van der Waals surface area (Å²) >= 11 is 0. The number of ether oxygens (including phenoxy) is 1. The van der Waals surface area contributed by atoms with Crippen LogP contribution >= 0.6 is 0 Å². The van der Waals surface area contributed by atoms with Crippen LogP contribution in [-0.4, -0.2) is 38.4 Å². The second-order valence-electron chi connectivity index (χ2n) is 6.10. The highest BCUT2D eigenvalue weighted by Gasteiger charge is 2.24. The predicted octanol–water partition coefficient (Wildman–Crippen LogP) is 3.38. The number of sulfonamides is 1. The SMILES string of the molecule is C=CC(=O)OCC/C=C/C1=CCCN(S(=O)(=O)c2ccc(C)cc2)CC1. The molecule has 0 spiro atoms. The Balaban J connectivity index is 1.90. The number of rotatable bonds is 7. The first kappa shape index (κ1) is 20.1. The maximum atomic E-state index is 12.8. The summed E-state index contributed by atoms with van der Waals surface area (Å²) in [6.45, 7) is 6.52. The third-order valence-electron chi connectivity index (χ3n) is 4.12. The molecule has 0 saturated carbocycles. The summed E-state index contributed by atoms with van der Waals surface area (Å²) in [5.74, 6) is -0.427. The first-order valence-electron chi connectivity index (χ1n) is 8.65. The van der Waals surface area contributed by atoms with Crippen molar-refractivity contribution in [2.24, 2.45) is 0 Å². The lowest BCUT2D eigenvalue weighted by atomic mass is 10.1. The zero-order valence-electron chi connectivity index (χ0n) is 15.1. The number of nitrogens with zero attached hydrogens (tertiary/aromatic N) is 1. The monoisotopic (exact) mass is 375 g/mol. The van der Waals surface area contributed by atoms with E-state index in [2.05, 4.69) is 12.7 Å². The largest absolute Gasteiger partial charge is 0.462 e. The smallest absolute Gasteiger partial charge is 0.330 e. The van der Waals surface area contributed by atoms with Gasteiger partial charge in [0, 0.05) is 19.2 Å². The summed E-state index contributed by atoms with van der Waals surface area (Å²) in [7, 11) is -3.46. The molecule has 26 heavy (non-hydrogen) atoms. The normalized spacial score (nSPS) is 16.1. The molecule has 0 radical (unpaired) electrons. The van der Waals surface area contributed by atoms with Crippen molar-refractivity contribution in [1.29, 1.82) is 0 Å². The van der Waals surface area contributed by atoms with E-state index in [0.29, 0.717) is 43.9 Å². The lowest BCUT2D eigenvalue weighted by Gasteiger charge is -2.20. The quantitative estimate of drug-likeness (QED) is 0.416. The maximum absolute atomic E-state index is 12.8. The van der Waals surface area contributed by atoms with Gasteiger partial charge in [0.1, 0.15) is 0 Å². The van der Waals surface area contributed by atoms with Crippen LogP contribution in [0.4, 0.5) is 0 Å². The molecule has 140 valence electrons. The van der Waals surface area contributed by atoms with E-state index < -0.39 is 16.0 Å². The molecule has 6 heteroatoms. The molecule has 1 aliphatic heterocycles. The Morgan fingerprint density at radius 1 is 1.27 bits per heavy atom. The van der Waals surface area contributed by atoms with Gasteiger partial charge in [-0.15, -0.1) is 0 Å². The van der Waals surface area contributed by atoms with Crippen LogP contribution in [0.1, 0.15) is 24.8 Å². The minimum absolute atomic E-state index is 0.308. The van der Waals surface area contributed by atoms with Gasteiger partial charge in [-0.25, -0.2) is 13.2 Å². The van der Waals surface area contributed by atoms with Crippen molar-refractivity contribution in [3.8, 4) is 0 Å². The molecule has 0 saturated heterocycles. The predicted molar refractivity (Wildman–Crippen MR) is 102 cm³/mol. The number of carbonyl (C=O) groups is 1. The molecule has 0 aliphatic carbocycles. The minimum atomic E-state index is -3.46. The van der Waals surface area contributed by atoms with Crippen molar-refractivity contribution in [1.82, 2.24) is 4.31 Å². The van der Waals surface area contributed by atoms with Crippen LogP contribution in [0.5, 0.6) is 0 Å². The summed E-state index contributed by atoms with van der Waals surface area (Å²) in [5, 5.41) is 0. The number of aryl methyl sites for hydroxylation is 1. The highest BCUT2D eigenvalue weighted by molar-refractivity contribution is 7.89. The third-order valence-corrected chi connectivity index (χ3v) is 6.03. The molecule has 1 aliphatic rings. The number of esters is 1. The van der Waals surface area contributed by atoms with Gasteiger partial charge in [0.2, 0.25) is 10.0 Å². The van der Waals surface area contributed by atoms with E-state index in [1.165, 1.54) is 0 Å². The Kier molecular flexibility index (Phi) is 7.36. The molecule has 1 aromatic carbocycles. The van der Waals surface area contributed by atoms with E-state index in [9.17, 15) is 13.2 Å². The summed E-state index contributed by atoms with van der Waals surface area (Å²) in [6, 6.07) is 6.95. The van der Waals surface area contributed by atoms with Crippen LogP contribution in [0.25, 0.3) is 0 Å². The summed E-state index contributed by atoms with van der Waals surface area (Å²) < 4.78 is 32.0.